The lowest BCUT2D eigenvalue weighted by Gasteiger charge is -2.05. The van der Waals surface area contributed by atoms with Crippen LogP contribution in [0, 0.1) is 11.3 Å². The average Bonchev–Trinajstić information content (AvgIpc) is 2.40. The van der Waals surface area contributed by atoms with Crippen molar-refractivity contribution in [1.29, 1.82) is 5.26 Å². The predicted octanol–water partition coefficient (Wildman–Crippen LogP) is 1.58. The van der Waals surface area contributed by atoms with E-state index in [0.29, 0.717) is 17.2 Å². The first-order chi connectivity index (χ1) is 8.31. The molecule has 0 radical (unpaired) electrons. The lowest BCUT2D eigenvalue weighted by atomic mass is 10.2. The number of benzene rings is 1. The summed E-state index contributed by atoms with van der Waals surface area (Å²) in [7, 11) is 0. The van der Waals surface area contributed by atoms with Crippen molar-refractivity contribution >= 4 is 11.6 Å². The smallest absolute Gasteiger partial charge is 0.227 e. The summed E-state index contributed by atoms with van der Waals surface area (Å²) >= 11 is 0. The lowest BCUT2D eigenvalue weighted by molar-refractivity contribution is 0.277. The molecule has 2 N–H and O–H groups in total. The van der Waals surface area contributed by atoms with Crippen molar-refractivity contribution in [1.82, 2.24) is 9.97 Å². The van der Waals surface area contributed by atoms with Crippen LogP contribution in [-0.2, 0) is 6.61 Å². The molecule has 2 rings (SSSR count). The van der Waals surface area contributed by atoms with Crippen LogP contribution in [0.15, 0.2) is 36.5 Å². The monoisotopic (exact) mass is 226 g/mol. The second-order valence-electron chi connectivity index (χ2n) is 3.34. The molecule has 0 amide bonds. The van der Waals surface area contributed by atoms with E-state index in [0.717, 1.165) is 5.69 Å². The Balaban J connectivity index is 2.16. The quantitative estimate of drug-likeness (QED) is 0.830. The fourth-order valence-electron chi connectivity index (χ4n) is 1.30. The van der Waals surface area contributed by atoms with Crippen LogP contribution in [-0.4, -0.2) is 15.1 Å². The van der Waals surface area contributed by atoms with Crippen LogP contribution in [0.5, 0.6) is 0 Å². The number of aromatic nitrogens is 2. The molecule has 1 heterocycles. The van der Waals surface area contributed by atoms with E-state index in [-0.39, 0.29) is 6.61 Å². The molecule has 0 unspecified atom stereocenters. The van der Waals surface area contributed by atoms with E-state index < -0.39 is 0 Å². The maximum Gasteiger partial charge on any atom is 0.227 e. The zero-order valence-corrected chi connectivity index (χ0v) is 8.96. The standard InChI is InChI=1S/C12H10N4O/c13-7-9-1-3-10(4-2-9)15-12-14-6-5-11(8-17)16-12/h1-6,17H,8H2,(H,14,15,16). The van der Waals surface area contributed by atoms with Crippen LogP contribution >= 0.6 is 0 Å². The zero-order chi connectivity index (χ0) is 12.1. The summed E-state index contributed by atoms with van der Waals surface area (Å²) in [5, 5.41) is 20.6. The molecule has 5 heteroatoms. The molecule has 0 atom stereocenters. The molecule has 0 aliphatic rings. The first-order valence-electron chi connectivity index (χ1n) is 5.02. The summed E-state index contributed by atoms with van der Waals surface area (Å²) in [5.74, 6) is 0.418. The first-order valence-corrected chi connectivity index (χ1v) is 5.02. The highest BCUT2D eigenvalue weighted by Gasteiger charge is 1.99. The molecular formula is C12H10N4O. The van der Waals surface area contributed by atoms with E-state index in [2.05, 4.69) is 15.3 Å². The Morgan fingerprint density at radius 1 is 1.24 bits per heavy atom. The maximum atomic E-state index is 8.94. The van der Waals surface area contributed by atoms with Crippen molar-refractivity contribution in [2.75, 3.05) is 5.32 Å². The van der Waals surface area contributed by atoms with Crippen LogP contribution in [0.25, 0.3) is 0 Å². The fourth-order valence-corrected chi connectivity index (χ4v) is 1.30. The maximum absolute atomic E-state index is 8.94. The molecule has 0 saturated carbocycles. The summed E-state index contributed by atoms with van der Waals surface area (Å²) in [5.41, 5.74) is 1.94. The largest absolute Gasteiger partial charge is 0.390 e. The molecule has 1 aromatic heterocycles. The molecular weight excluding hydrogens is 216 g/mol. The van der Waals surface area contributed by atoms with Gasteiger partial charge in [0.1, 0.15) is 0 Å². The molecule has 17 heavy (non-hydrogen) atoms. The predicted molar refractivity (Wildman–Crippen MR) is 62.4 cm³/mol. The number of hydrogen-bond donors (Lipinski definition) is 2. The van der Waals surface area contributed by atoms with Crippen LogP contribution in [0.4, 0.5) is 11.6 Å². The number of anilines is 2. The van der Waals surface area contributed by atoms with E-state index in [1.54, 1.807) is 36.5 Å². The SMILES string of the molecule is N#Cc1ccc(Nc2nccc(CO)n2)cc1. The van der Waals surface area contributed by atoms with Gasteiger partial charge in [-0.25, -0.2) is 9.97 Å². The van der Waals surface area contributed by atoms with E-state index in [4.69, 9.17) is 10.4 Å². The van der Waals surface area contributed by atoms with Gasteiger partial charge in [-0.3, -0.25) is 0 Å². The summed E-state index contributed by atoms with van der Waals surface area (Å²) in [6.07, 6.45) is 1.57. The minimum Gasteiger partial charge on any atom is -0.390 e. The molecule has 0 aliphatic heterocycles. The second kappa shape index (κ2) is 5.05. The molecule has 5 nitrogen and oxygen atoms in total. The topological polar surface area (TPSA) is 81.8 Å². The summed E-state index contributed by atoms with van der Waals surface area (Å²) in [6.45, 7) is -0.120. The van der Waals surface area contributed by atoms with Crippen LogP contribution in [0.1, 0.15) is 11.3 Å². The van der Waals surface area contributed by atoms with Gasteiger partial charge in [0.2, 0.25) is 5.95 Å². The van der Waals surface area contributed by atoms with Crippen molar-refractivity contribution in [2.45, 2.75) is 6.61 Å². The average molecular weight is 226 g/mol. The van der Waals surface area contributed by atoms with Crippen LogP contribution in [0.2, 0.25) is 0 Å². The van der Waals surface area contributed by atoms with Gasteiger partial charge in [-0.15, -0.1) is 0 Å². The van der Waals surface area contributed by atoms with E-state index in [1.807, 2.05) is 6.07 Å². The number of aliphatic hydroxyl groups is 1. The Kier molecular flexibility index (Phi) is 3.28. The third kappa shape index (κ3) is 2.77. The Bertz CT molecular complexity index is 545. The molecule has 0 aliphatic carbocycles. The molecule has 0 fully saturated rings. The van der Waals surface area contributed by atoms with Gasteiger partial charge in [-0.2, -0.15) is 5.26 Å². The highest BCUT2D eigenvalue weighted by Crippen LogP contribution is 2.13. The third-order valence-electron chi connectivity index (χ3n) is 2.15. The minimum absolute atomic E-state index is 0.120. The van der Waals surface area contributed by atoms with E-state index in [9.17, 15) is 0 Å². The molecule has 1 aromatic carbocycles. The highest BCUT2D eigenvalue weighted by atomic mass is 16.3. The van der Waals surface area contributed by atoms with Gasteiger partial charge in [0, 0.05) is 11.9 Å². The third-order valence-corrected chi connectivity index (χ3v) is 2.15. The fraction of sp³-hybridized carbons (Fsp3) is 0.0833. The van der Waals surface area contributed by atoms with Gasteiger partial charge in [0.25, 0.3) is 0 Å². The Morgan fingerprint density at radius 2 is 2.00 bits per heavy atom. The minimum atomic E-state index is -0.120. The number of aliphatic hydroxyl groups excluding tert-OH is 1. The lowest BCUT2D eigenvalue weighted by Crippen LogP contribution is -1.99. The summed E-state index contributed by atoms with van der Waals surface area (Å²) in [6, 6.07) is 10.6. The molecule has 0 saturated heterocycles. The van der Waals surface area contributed by atoms with Crippen molar-refractivity contribution in [3.8, 4) is 6.07 Å². The number of nitriles is 1. The van der Waals surface area contributed by atoms with E-state index >= 15 is 0 Å². The Labute approximate surface area is 98.4 Å². The number of rotatable bonds is 3. The van der Waals surface area contributed by atoms with Gasteiger partial charge in [0.05, 0.1) is 23.9 Å². The highest BCUT2D eigenvalue weighted by molar-refractivity contribution is 5.54. The Hall–Kier alpha value is -2.45. The second-order valence-corrected chi connectivity index (χ2v) is 3.34. The first kappa shape index (κ1) is 11.0. The molecule has 0 bridgehead atoms. The number of nitrogens with zero attached hydrogens (tertiary/aromatic N) is 3. The summed E-state index contributed by atoms with van der Waals surface area (Å²) < 4.78 is 0. The van der Waals surface area contributed by atoms with Gasteiger partial charge < -0.3 is 10.4 Å². The van der Waals surface area contributed by atoms with Gasteiger partial charge >= 0.3 is 0 Å². The normalized spacial score (nSPS) is 9.65. The Morgan fingerprint density at radius 3 is 2.65 bits per heavy atom. The summed E-state index contributed by atoms with van der Waals surface area (Å²) in [4.78, 5) is 8.12. The van der Waals surface area contributed by atoms with Crippen molar-refractivity contribution in [3.05, 3.63) is 47.8 Å². The van der Waals surface area contributed by atoms with Gasteiger partial charge in [-0.1, -0.05) is 0 Å². The van der Waals surface area contributed by atoms with Crippen molar-refractivity contribution in [2.24, 2.45) is 0 Å². The van der Waals surface area contributed by atoms with Crippen molar-refractivity contribution < 1.29 is 5.11 Å². The van der Waals surface area contributed by atoms with Crippen LogP contribution in [0.3, 0.4) is 0 Å². The van der Waals surface area contributed by atoms with Crippen molar-refractivity contribution in [3.63, 3.8) is 0 Å². The number of nitrogens with one attached hydrogen (secondary N) is 1. The molecule has 2 aromatic rings. The van der Waals surface area contributed by atoms with Gasteiger partial charge in [0.15, 0.2) is 0 Å². The molecule has 0 spiro atoms. The number of hydrogen-bond acceptors (Lipinski definition) is 5. The van der Waals surface area contributed by atoms with Gasteiger partial charge in [-0.05, 0) is 30.3 Å². The zero-order valence-electron chi connectivity index (χ0n) is 8.96. The van der Waals surface area contributed by atoms with E-state index in [1.165, 1.54) is 0 Å². The van der Waals surface area contributed by atoms with Crippen LogP contribution < -0.4 is 5.32 Å². The molecule has 84 valence electrons.